The van der Waals surface area contributed by atoms with Gasteiger partial charge in [0.2, 0.25) is 6.08 Å². The maximum atomic E-state index is 11.9. The fourth-order valence-electron chi connectivity index (χ4n) is 1.86. The minimum atomic E-state index is -0.589. The standard InChI is InChI=1S/C12H20N2O4/c1-11(2,3)18-10(16)14-6-5-12(8-14,17-4)7-13-9-15/h5-8H2,1-4H3. The molecule has 1 unspecified atom stereocenters. The highest BCUT2D eigenvalue weighted by molar-refractivity contribution is 5.68. The zero-order valence-corrected chi connectivity index (χ0v) is 11.4. The highest BCUT2D eigenvalue weighted by atomic mass is 16.6. The first-order valence-electron chi connectivity index (χ1n) is 5.89. The van der Waals surface area contributed by atoms with Crippen molar-refractivity contribution in [2.75, 3.05) is 26.7 Å². The van der Waals surface area contributed by atoms with Crippen molar-refractivity contribution in [3.8, 4) is 0 Å². The second kappa shape index (κ2) is 5.50. The van der Waals surface area contributed by atoms with Gasteiger partial charge in [0.1, 0.15) is 11.2 Å². The smallest absolute Gasteiger partial charge is 0.410 e. The summed E-state index contributed by atoms with van der Waals surface area (Å²) in [7, 11) is 1.55. The van der Waals surface area contributed by atoms with Crippen molar-refractivity contribution in [1.82, 2.24) is 4.90 Å². The number of likely N-dealkylation sites (tertiary alicyclic amines) is 1. The number of methoxy groups -OCH3 is 1. The molecule has 0 N–H and O–H groups in total. The number of carbonyl (C=O) groups excluding carboxylic acids is 2. The normalized spacial score (nSPS) is 23.7. The van der Waals surface area contributed by atoms with Crippen LogP contribution in [-0.4, -0.2) is 55.0 Å². The third-order valence-corrected chi connectivity index (χ3v) is 2.83. The minimum absolute atomic E-state index is 0.215. The number of aliphatic imine (C=N–C) groups is 1. The molecule has 102 valence electrons. The van der Waals surface area contributed by atoms with Crippen molar-refractivity contribution in [3.63, 3.8) is 0 Å². The van der Waals surface area contributed by atoms with Crippen LogP contribution in [-0.2, 0) is 14.3 Å². The SMILES string of the molecule is COC1(CN=C=O)CCN(C(=O)OC(C)(C)C)C1. The van der Waals surface area contributed by atoms with E-state index in [0.717, 1.165) is 0 Å². The van der Waals surface area contributed by atoms with Crippen LogP contribution in [0, 0.1) is 0 Å². The van der Waals surface area contributed by atoms with Gasteiger partial charge in [-0.15, -0.1) is 0 Å². The van der Waals surface area contributed by atoms with Crippen LogP contribution in [0.1, 0.15) is 27.2 Å². The zero-order valence-electron chi connectivity index (χ0n) is 11.4. The number of amides is 1. The van der Waals surface area contributed by atoms with E-state index < -0.39 is 11.2 Å². The van der Waals surface area contributed by atoms with Gasteiger partial charge in [-0.1, -0.05) is 0 Å². The first kappa shape index (κ1) is 14.7. The second-order valence-corrected chi connectivity index (χ2v) is 5.45. The second-order valence-electron chi connectivity index (χ2n) is 5.45. The molecular weight excluding hydrogens is 236 g/mol. The van der Waals surface area contributed by atoms with E-state index in [0.29, 0.717) is 19.5 Å². The van der Waals surface area contributed by atoms with Gasteiger partial charge in [-0.25, -0.2) is 14.6 Å². The van der Waals surface area contributed by atoms with E-state index in [1.165, 1.54) is 6.08 Å². The van der Waals surface area contributed by atoms with E-state index in [2.05, 4.69) is 4.99 Å². The van der Waals surface area contributed by atoms with E-state index in [1.807, 2.05) is 20.8 Å². The largest absolute Gasteiger partial charge is 0.444 e. The van der Waals surface area contributed by atoms with Crippen molar-refractivity contribution >= 4 is 12.2 Å². The Morgan fingerprint density at radius 1 is 1.50 bits per heavy atom. The minimum Gasteiger partial charge on any atom is -0.444 e. The van der Waals surface area contributed by atoms with Gasteiger partial charge in [0.25, 0.3) is 0 Å². The van der Waals surface area contributed by atoms with E-state index in [-0.39, 0.29) is 12.6 Å². The fraction of sp³-hybridized carbons (Fsp3) is 0.833. The van der Waals surface area contributed by atoms with Crippen molar-refractivity contribution < 1.29 is 19.1 Å². The summed E-state index contributed by atoms with van der Waals surface area (Å²) in [6.07, 6.45) is 1.76. The molecule has 1 rings (SSSR count). The molecule has 1 aliphatic heterocycles. The molecule has 6 heteroatoms. The summed E-state index contributed by atoms with van der Waals surface area (Å²) in [5, 5.41) is 0. The molecule has 0 saturated carbocycles. The molecule has 1 saturated heterocycles. The number of nitrogens with zero attached hydrogens (tertiary/aromatic N) is 2. The third kappa shape index (κ3) is 3.82. The fourth-order valence-corrected chi connectivity index (χ4v) is 1.86. The maximum Gasteiger partial charge on any atom is 0.410 e. The summed E-state index contributed by atoms with van der Waals surface area (Å²) in [4.78, 5) is 27.2. The molecular formula is C12H20N2O4. The lowest BCUT2D eigenvalue weighted by atomic mass is 10.0. The van der Waals surface area contributed by atoms with Gasteiger partial charge in [-0.3, -0.25) is 0 Å². The zero-order chi connectivity index (χ0) is 13.8. The Balaban J connectivity index is 2.63. The molecule has 0 spiro atoms. The molecule has 1 heterocycles. The lowest BCUT2D eigenvalue weighted by Gasteiger charge is -2.27. The van der Waals surface area contributed by atoms with Gasteiger partial charge in [0.05, 0.1) is 13.1 Å². The number of ether oxygens (including phenoxy) is 2. The molecule has 1 atom stereocenters. The Hall–Kier alpha value is -1.39. The topological polar surface area (TPSA) is 68.2 Å². The molecule has 1 amide bonds. The highest BCUT2D eigenvalue weighted by Crippen LogP contribution is 2.26. The molecule has 0 aliphatic carbocycles. The molecule has 1 fully saturated rings. The Labute approximate surface area is 107 Å². The van der Waals surface area contributed by atoms with Gasteiger partial charge < -0.3 is 14.4 Å². The Morgan fingerprint density at radius 2 is 2.17 bits per heavy atom. The van der Waals surface area contributed by atoms with Gasteiger partial charge >= 0.3 is 6.09 Å². The van der Waals surface area contributed by atoms with Gasteiger partial charge in [0, 0.05) is 13.7 Å². The maximum absolute atomic E-state index is 11.9. The summed E-state index contributed by atoms with van der Waals surface area (Å²) >= 11 is 0. The molecule has 0 aromatic rings. The van der Waals surface area contributed by atoms with Crippen molar-refractivity contribution in [3.05, 3.63) is 0 Å². The lowest BCUT2D eigenvalue weighted by Crippen LogP contribution is -2.41. The summed E-state index contributed by atoms with van der Waals surface area (Å²) in [5.41, 5.74) is -1.11. The van der Waals surface area contributed by atoms with Crippen LogP contribution in [0.15, 0.2) is 4.99 Å². The van der Waals surface area contributed by atoms with Crippen molar-refractivity contribution in [2.24, 2.45) is 4.99 Å². The summed E-state index contributed by atoms with van der Waals surface area (Å²) < 4.78 is 10.7. The van der Waals surface area contributed by atoms with Crippen molar-refractivity contribution in [1.29, 1.82) is 0 Å². The Bertz CT molecular complexity index is 358. The number of rotatable bonds is 3. The number of carbonyl (C=O) groups is 1. The average molecular weight is 256 g/mol. The van der Waals surface area contributed by atoms with E-state index in [9.17, 15) is 9.59 Å². The average Bonchev–Trinajstić information content (AvgIpc) is 2.69. The van der Waals surface area contributed by atoms with Crippen LogP contribution in [0.3, 0.4) is 0 Å². The van der Waals surface area contributed by atoms with E-state index in [4.69, 9.17) is 9.47 Å². The highest BCUT2D eigenvalue weighted by Gasteiger charge is 2.41. The monoisotopic (exact) mass is 256 g/mol. The predicted molar refractivity (Wildman–Crippen MR) is 65.2 cm³/mol. The molecule has 18 heavy (non-hydrogen) atoms. The molecule has 0 bridgehead atoms. The first-order valence-corrected chi connectivity index (χ1v) is 5.89. The predicted octanol–water partition coefficient (Wildman–Crippen LogP) is 1.35. The first-order chi connectivity index (χ1) is 8.32. The Morgan fingerprint density at radius 3 is 2.67 bits per heavy atom. The third-order valence-electron chi connectivity index (χ3n) is 2.83. The van der Waals surface area contributed by atoms with E-state index in [1.54, 1.807) is 12.0 Å². The van der Waals surface area contributed by atoms with Crippen LogP contribution >= 0.6 is 0 Å². The van der Waals surface area contributed by atoms with Crippen LogP contribution in [0.4, 0.5) is 4.79 Å². The van der Waals surface area contributed by atoms with Gasteiger partial charge in [-0.2, -0.15) is 0 Å². The number of isocyanates is 1. The molecule has 6 nitrogen and oxygen atoms in total. The van der Waals surface area contributed by atoms with E-state index >= 15 is 0 Å². The van der Waals surface area contributed by atoms with Crippen molar-refractivity contribution in [2.45, 2.75) is 38.4 Å². The van der Waals surface area contributed by atoms with Gasteiger partial charge in [-0.05, 0) is 27.2 Å². The Kier molecular flexibility index (Phi) is 4.48. The van der Waals surface area contributed by atoms with Crippen LogP contribution in [0.2, 0.25) is 0 Å². The van der Waals surface area contributed by atoms with Crippen LogP contribution < -0.4 is 0 Å². The number of hydrogen-bond acceptors (Lipinski definition) is 5. The molecule has 0 radical (unpaired) electrons. The quantitative estimate of drug-likeness (QED) is 0.564. The summed E-state index contributed by atoms with van der Waals surface area (Å²) in [6.45, 7) is 6.59. The van der Waals surface area contributed by atoms with Crippen LogP contribution in [0.5, 0.6) is 0 Å². The molecule has 1 aliphatic rings. The molecule has 0 aromatic heterocycles. The van der Waals surface area contributed by atoms with Gasteiger partial charge in [0.15, 0.2) is 0 Å². The van der Waals surface area contributed by atoms with Crippen LogP contribution in [0.25, 0.3) is 0 Å². The lowest BCUT2D eigenvalue weighted by molar-refractivity contribution is -0.00341. The summed E-state index contributed by atoms with van der Waals surface area (Å²) in [6, 6.07) is 0. The molecule has 0 aromatic carbocycles. The number of hydrogen-bond donors (Lipinski definition) is 0. The summed E-state index contributed by atoms with van der Waals surface area (Å²) in [5.74, 6) is 0.